The Hall–Kier alpha value is -3.36. The number of phenols is 1. The second-order valence-electron chi connectivity index (χ2n) is 9.24. The molecule has 1 atom stereocenters. The van der Waals surface area contributed by atoms with Crippen LogP contribution < -0.4 is 4.74 Å². The fourth-order valence-corrected chi connectivity index (χ4v) is 4.70. The molecule has 2 fully saturated rings. The van der Waals surface area contributed by atoms with Crippen molar-refractivity contribution in [3.05, 3.63) is 64.7 Å². The second-order valence-corrected chi connectivity index (χ2v) is 9.24. The van der Waals surface area contributed by atoms with E-state index in [1.165, 1.54) is 11.0 Å². The van der Waals surface area contributed by atoms with Gasteiger partial charge in [-0.3, -0.25) is 14.5 Å². The molecule has 2 aliphatic heterocycles. The Balaban J connectivity index is 1.68. The summed E-state index contributed by atoms with van der Waals surface area (Å²) in [5, 5.41) is 21.6. The lowest BCUT2D eigenvalue weighted by Gasteiger charge is -2.29. The third-order valence-corrected chi connectivity index (χ3v) is 6.59. The molecule has 0 radical (unpaired) electrons. The number of ketones is 1. The van der Waals surface area contributed by atoms with Crippen molar-refractivity contribution in [3.8, 4) is 11.5 Å². The molecule has 2 N–H and O–H groups in total. The van der Waals surface area contributed by atoms with Crippen LogP contribution in [0.25, 0.3) is 5.76 Å². The monoisotopic (exact) mass is 494 g/mol. The van der Waals surface area contributed by atoms with Crippen LogP contribution in [0.5, 0.6) is 11.5 Å². The number of ether oxygens (including phenoxy) is 2. The van der Waals surface area contributed by atoms with Crippen molar-refractivity contribution in [2.75, 3.05) is 46.0 Å². The standard InChI is InChI=1S/C28H34N2O6/c1-3-15-36-21-8-6-20(7-9-21)25-24(26(32)22-18-19(2)5-10-23(22)31)27(33)28(34)30(25)12-4-11-29-13-16-35-17-14-29/h5-10,18,25,31-32H,3-4,11-17H2,1-2H3/t25-/m1/s1. The predicted molar refractivity (Wildman–Crippen MR) is 136 cm³/mol. The van der Waals surface area contributed by atoms with Crippen LogP contribution in [-0.2, 0) is 14.3 Å². The van der Waals surface area contributed by atoms with Gasteiger partial charge >= 0.3 is 0 Å². The Kier molecular flexibility index (Phi) is 8.28. The van der Waals surface area contributed by atoms with Gasteiger partial charge in [-0.25, -0.2) is 0 Å². The topological polar surface area (TPSA) is 99.5 Å². The van der Waals surface area contributed by atoms with Crippen molar-refractivity contribution in [1.29, 1.82) is 0 Å². The van der Waals surface area contributed by atoms with Crippen LogP contribution in [0.1, 0.15) is 42.5 Å². The van der Waals surface area contributed by atoms with E-state index in [1.54, 1.807) is 12.1 Å². The Labute approximate surface area is 211 Å². The molecule has 2 aliphatic rings. The molecule has 36 heavy (non-hydrogen) atoms. The summed E-state index contributed by atoms with van der Waals surface area (Å²) in [6, 6.07) is 11.3. The summed E-state index contributed by atoms with van der Waals surface area (Å²) in [4.78, 5) is 30.2. The number of aliphatic hydroxyl groups excluding tert-OH is 1. The maximum absolute atomic E-state index is 13.2. The van der Waals surface area contributed by atoms with Crippen molar-refractivity contribution >= 4 is 17.4 Å². The first-order valence-electron chi connectivity index (χ1n) is 12.5. The lowest BCUT2D eigenvalue weighted by molar-refractivity contribution is -0.140. The lowest BCUT2D eigenvalue weighted by Crippen LogP contribution is -2.38. The van der Waals surface area contributed by atoms with Crippen LogP contribution in [0.2, 0.25) is 0 Å². The predicted octanol–water partition coefficient (Wildman–Crippen LogP) is 3.63. The molecule has 0 aromatic heterocycles. The summed E-state index contributed by atoms with van der Waals surface area (Å²) in [6.07, 6.45) is 1.56. The van der Waals surface area contributed by atoms with Crippen LogP contribution in [0.3, 0.4) is 0 Å². The molecule has 1 amide bonds. The Bertz CT molecular complexity index is 1120. The molecule has 0 spiro atoms. The molecule has 2 heterocycles. The van der Waals surface area contributed by atoms with E-state index < -0.39 is 17.7 Å². The fourth-order valence-electron chi connectivity index (χ4n) is 4.70. The molecule has 0 unspecified atom stereocenters. The number of aryl methyl sites for hydroxylation is 1. The first kappa shape index (κ1) is 25.7. The van der Waals surface area contributed by atoms with Gasteiger partial charge in [0, 0.05) is 26.2 Å². The van der Waals surface area contributed by atoms with E-state index in [0.717, 1.165) is 31.6 Å². The minimum absolute atomic E-state index is 0.0190. The number of hydrogen-bond donors (Lipinski definition) is 2. The van der Waals surface area contributed by atoms with Gasteiger partial charge in [-0.05, 0) is 49.6 Å². The van der Waals surface area contributed by atoms with Crippen molar-refractivity contribution < 1.29 is 29.3 Å². The Morgan fingerprint density at radius 2 is 1.81 bits per heavy atom. The van der Waals surface area contributed by atoms with Gasteiger partial charge in [0.1, 0.15) is 17.3 Å². The largest absolute Gasteiger partial charge is 0.507 e. The molecule has 0 aliphatic carbocycles. The highest BCUT2D eigenvalue weighted by Crippen LogP contribution is 2.41. The van der Waals surface area contributed by atoms with Gasteiger partial charge in [-0.15, -0.1) is 0 Å². The van der Waals surface area contributed by atoms with Gasteiger partial charge in [0.2, 0.25) is 0 Å². The van der Waals surface area contributed by atoms with Gasteiger partial charge in [0.05, 0.1) is 37.0 Å². The van der Waals surface area contributed by atoms with E-state index >= 15 is 0 Å². The first-order chi connectivity index (χ1) is 17.4. The molecule has 2 aromatic rings. The number of amides is 1. The molecule has 4 rings (SSSR count). The van der Waals surface area contributed by atoms with Crippen molar-refractivity contribution in [2.45, 2.75) is 32.7 Å². The molecule has 192 valence electrons. The smallest absolute Gasteiger partial charge is 0.295 e. The number of rotatable bonds is 9. The first-order valence-corrected chi connectivity index (χ1v) is 12.5. The molecule has 8 nitrogen and oxygen atoms in total. The van der Waals surface area contributed by atoms with Crippen molar-refractivity contribution in [3.63, 3.8) is 0 Å². The summed E-state index contributed by atoms with van der Waals surface area (Å²) in [5.74, 6) is -1.24. The maximum Gasteiger partial charge on any atom is 0.295 e. The number of carbonyl (C=O) groups excluding carboxylic acids is 2. The minimum atomic E-state index is -0.769. The highest BCUT2D eigenvalue weighted by Gasteiger charge is 2.46. The Morgan fingerprint density at radius 1 is 1.08 bits per heavy atom. The van der Waals surface area contributed by atoms with E-state index in [4.69, 9.17) is 9.47 Å². The van der Waals surface area contributed by atoms with Gasteiger partial charge in [-0.1, -0.05) is 30.7 Å². The normalized spacial score (nSPS) is 20.2. The fraction of sp³-hybridized carbons (Fsp3) is 0.429. The number of morpholine rings is 1. The lowest BCUT2D eigenvalue weighted by atomic mass is 9.94. The van der Waals surface area contributed by atoms with Crippen LogP contribution in [-0.4, -0.2) is 77.7 Å². The van der Waals surface area contributed by atoms with Gasteiger partial charge in [0.25, 0.3) is 11.7 Å². The van der Waals surface area contributed by atoms with E-state index in [9.17, 15) is 19.8 Å². The number of likely N-dealkylation sites (tertiary alicyclic amines) is 1. The summed E-state index contributed by atoms with van der Waals surface area (Å²) in [7, 11) is 0. The zero-order valence-electron chi connectivity index (χ0n) is 20.9. The third-order valence-electron chi connectivity index (χ3n) is 6.59. The second kappa shape index (κ2) is 11.6. The number of phenolic OH excluding ortho intramolecular Hbond substituents is 1. The van der Waals surface area contributed by atoms with Gasteiger partial charge < -0.3 is 24.6 Å². The number of carbonyl (C=O) groups is 2. The van der Waals surface area contributed by atoms with Gasteiger partial charge in [0.15, 0.2) is 0 Å². The average molecular weight is 495 g/mol. The Morgan fingerprint density at radius 3 is 2.50 bits per heavy atom. The average Bonchev–Trinajstić information content (AvgIpc) is 3.14. The third kappa shape index (κ3) is 5.55. The summed E-state index contributed by atoms with van der Waals surface area (Å²) < 4.78 is 11.1. The molecule has 0 saturated carbocycles. The van der Waals surface area contributed by atoms with E-state index in [2.05, 4.69) is 4.90 Å². The van der Waals surface area contributed by atoms with Gasteiger partial charge in [-0.2, -0.15) is 0 Å². The molecular formula is C28H34N2O6. The number of nitrogens with zero attached hydrogens (tertiary/aromatic N) is 2. The maximum atomic E-state index is 13.2. The number of benzene rings is 2. The molecule has 2 aromatic carbocycles. The number of aromatic hydroxyl groups is 1. The zero-order valence-corrected chi connectivity index (χ0v) is 20.9. The summed E-state index contributed by atoms with van der Waals surface area (Å²) >= 11 is 0. The SMILES string of the molecule is CCCOc1ccc([C@@H]2C(=C(O)c3cc(C)ccc3O)C(=O)C(=O)N2CCCN2CCOCC2)cc1. The highest BCUT2D eigenvalue weighted by molar-refractivity contribution is 6.46. The zero-order chi connectivity index (χ0) is 25.7. The number of Topliss-reactive ketones (excluding diaryl/α,β-unsaturated/α-hetero) is 1. The van der Waals surface area contributed by atoms with Crippen molar-refractivity contribution in [1.82, 2.24) is 9.80 Å². The van der Waals surface area contributed by atoms with Crippen LogP contribution in [0, 0.1) is 6.92 Å². The van der Waals surface area contributed by atoms with E-state index in [1.807, 2.05) is 38.1 Å². The highest BCUT2D eigenvalue weighted by atomic mass is 16.5. The molecular weight excluding hydrogens is 460 g/mol. The number of aliphatic hydroxyl groups is 1. The van der Waals surface area contributed by atoms with Crippen LogP contribution in [0.15, 0.2) is 48.0 Å². The van der Waals surface area contributed by atoms with Crippen molar-refractivity contribution in [2.24, 2.45) is 0 Å². The van der Waals surface area contributed by atoms with Crippen LogP contribution in [0.4, 0.5) is 0 Å². The summed E-state index contributed by atoms with van der Waals surface area (Å²) in [5.41, 5.74) is 1.62. The molecule has 2 saturated heterocycles. The molecule has 0 bridgehead atoms. The minimum Gasteiger partial charge on any atom is -0.507 e. The van der Waals surface area contributed by atoms with E-state index in [0.29, 0.717) is 44.1 Å². The number of hydrogen-bond acceptors (Lipinski definition) is 7. The quantitative estimate of drug-likeness (QED) is 0.312. The van der Waals surface area contributed by atoms with Crippen LogP contribution >= 0.6 is 0 Å². The van der Waals surface area contributed by atoms with E-state index in [-0.39, 0.29) is 22.6 Å². The summed E-state index contributed by atoms with van der Waals surface area (Å²) in [6.45, 7) is 8.65. The molecule has 8 heteroatoms.